The van der Waals surface area contributed by atoms with Crippen molar-refractivity contribution in [2.45, 2.75) is 0 Å². The van der Waals surface area contributed by atoms with E-state index in [1.54, 1.807) is 4.68 Å². The number of hydrogen-bond acceptors (Lipinski definition) is 4. The van der Waals surface area contributed by atoms with Crippen molar-refractivity contribution in [3.8, 4) is 17.2 Å². The molecule has 0 fully saturated rings. The average Bonchev–Trinajstić information content (AvgIpc) is 3.13. The van der Waals surface area contributed by atoms with Crippen molar-refractivity contribution in [1.82, 2.24) is 15.1 Å². The topological polar surface area (TPSA) is 76.4 Å². The highest BCUT2D eigenvalue weighted by Crippen LogP contribution is 2.25. The molecule has 140 valence electrons. The van der Waals surface area contributed by atoms with Gasteiger partial charge in [-0.15, -0.1) is 0 Å². The molecule has 1 aromatic heterocycles. The van der Waals surface area contributed by atoms with Crippen LogP contribution in [0.25, 0.3) is 16.6 Å². The Morgan fingerprint density at radius 1 is 0.929 bits per heavy atom. The van der Waals surface area contributed by atoms with Crippen molar-refractivity contribution >= 4 is 16.8 Å². The third-order valence-corrected chi connectivity index (χ3v) is 4.26. The largest absolute Gasteiger partial charge is 0.457 e. The summed E-state index contributed by atoms with van der Waals surface area (Å²) in [6.45, 7) is 0.0683. The van der Waals surface area contributed by atoms with Crippen LogP contribution in [-0.2, 0) is 0 Å². The zero-order chi connectivity index (χ0) is 19.3. The molecule has 28 heavy (non-hydrogen) atoms. The highest BCUT2D eigenvalue weighted by atomic mass is 16.5. The predicted octanol–water partition coefficient (Wildman–Crippen LogP) is 3.54. The van der Waals surface area contributed by atoms with Gasteiger partial charge in [-0.1, -0.05) is 36.4 Å². The van der Waals surface area contributed by atoms with Gasteiger partial charge in [0.2, 0.25) is 0 Å². The first-order valence-corrected chi connectivity index (χ1v) is 8.96. The van der Waals surface area contributed by atoms with Crippen LogP contribution in [0.2, 0.25) is 0 Å². The molecular formula is C22H19N3O3. The van der Waals surface area contributed by atoms with Gasteiger partial charge < -0.3 is 15.2 Å². The molecule has 4 rings (SSSR count). The number of carbonyl (C=O) groups is 1. The summed E-state index contributed by atoms with van der Waals surface area (Å²) in [4.78, 5) is 12.4. The Labute approximate surface area is 162 Å². The van der Waals surface area contributed by atoms with Gasteiger partial charge in [0.15, 0.2) is 5.69 Å². The van der Waals surface area contributed by atoms with Crippen molar-refractivity contribution in [3.63, 3.8) is 0 Å². The predicted molar refractivity (Wildman–Crippen MR) is 107 cm³/mol. The summed E-state index contributed by atoms with van der Waals surface area (Å²) in [6.07, 6.45) is 0. The Hall–Kier alpha value is -3.64. The second-order valence-electron chi connectivity index (χ2n) is 6.17. The molecule has 1 amide bonds. The maximum absolute atomic E-state index is 12.4. The van der Waals surface area contributed by atoms with Crippen molar-refractivity contribution in [3.05, 3.63) is 84.6 Å². The molecule has 6 nitrogen and oxygen atoms in total. The van der Waals surface area contributed by atoms with E-state index in [0.717, 1.165) is 22.3 Å². The number of rotatable bonds is 6. The molecule has 0 unspecified atom stereocenters. The number of nitrogens with zero attached hydrogens (tertiary/aromatic N) is 2. The van der Waals surface area contributed by atoms with Crippen molar-refractivity contribution < 1.29 is 14.6 Å². The number of carbonyl (C=O) groups excluding carboxylic acids is 1. The SMILES string of the molecule is O=C(NCCO)c1nn(-c2ccc(Oc3ccccc3)cc2)c2ccccc12. The third-order valence-electron chi connectivity index (χ3n) is 4.26. The Bertz CT molecular complexity index is 1090. The Kier molecular flexibility index (Phi) is 5.03. The lowest BCUT2D eigenvalue weighted by Crippen LogP contribution is -2.27. The van der Waals surface area contributed by atoms with Gasteiger partial charge >= 0.3 is 0 Å². The van der Waals surface area contributed by atoms with Crippen LogP contribution in [0.5, 0.6) is 11.5 Å². The number of aliphatic hydroxyl groups excluding tert-OH is 1. The van der Waals surface area contributed by atoms with E-state index in [1.165, 1.54) is 0 Å². The number of benzene rings is 3. The van der Waals surface area contributed by atoms with Gasteiger partial charge in [-0.2, -0.15) is 5.10 Å². The van der Waals surface area contributed by atoms with E-state index < -0.39 is 0 Å². The summed E-state index contributed by atoms with van der Waals surface area (Å²) in [7, 11) is 0. The summed E-state index contributed by atoms with van der Waals surface area (Å²) in [5.41, 5.74) is 1.97. The van der Waals surface area contributed by atoms with E-state index in [4.69, 9.17) is 9.84 Å². The summed E-state index contributed by atoms with van der Waals surface area (Å²) in [6, 6.07) is 24.6. The normalized spacial score (nSPS) is 10.8. The van der Waals surface area contributed by atoms with Crippen molar-refractivity contribution in [2.75, 3.05) is 13.2 Å². The summed E-state index contributed by atoms with van der Waals surface area (Å²) in [5.74, 6) is 1.17. The van der Waals surface area contributed by atoms with Gasteiger partial charge in [-0.25, -0.2) is 4.68 Å². The molecule has 0 atom stereocenters. The molecule has 0 aliphatic carbocycles. The number of hydrogen-bond donors (Lipinski definition) is 2. The second-order valence-corrected chi connectivity index (χ2v) is 6.17. The Balaban J connectivity index is 1.66. The van der Waals surface area contributed by atoms with Crippen LogP contribution < -0.4 is 10.1 Å². The molecule has 6 heteroatoms. The van der Waals surface area contributed by atoms with E-state index in [2.05, 4.69) is 10.4 Å². The summed E-state index contributed by atoms with van der Waals surface area (Å²) >= 11 is 0. The summed E-state index contributed by atoms with van der Waals surface area (Å²) in [5, 5.41) is 16.9. The van der Waals surface area contributed by atoms with Gasteiger partial charge in [0.25, 0.3) is 5.91 Å². The number of ether oxygens (including phenoxy) is 1. The molecular weight excluding hydrogens is 354 g/mol. The van der Waals surface area contributed by atoms with Crippen LogP contribution >= 0.6 is 0 Å². The van der Waals surface area contributed by atoms with Crippen LogP contribution in [0.1, 0.15) is 10.5 Å². The van der Waals surface area contributed by atoms with E-state index in [1.807, 2.05) is 78.9 Å². The zero-order valence-corrected chi connectivity index (χ0v) is 15.1. The van der Waals surface area contributed by atoms with Crippen LogP contribution in [0.3, 0.4) is 0 Å². The second kappa shape index (κ2) is 7.94. The maximum Gasteiger partial charge on any atom is 0.272 e. The van der Waals surface area contributed by atoms with Crippen molar-refractivity contribution in [1.29, 1.82) is 0 Å². The molecule has 4 aromatic rings. The van der Waals surface area contributed by atoms with Gasteiger partial charge in [-0.05, 0) is 42.5 Å². The van der Waals surface area contributed by atoms with Gasteiger partial charge in [0.1, 0.15) is 11.5 Å². The minimum absolute atomic E-state index is 0.118. The van der Waals surface area contributed by atoms with Crippen LogP contribution in [-0.4, -0.2) is 33.9 Å². The van der Waals surface area contributed by atoms with Crippen LogP contribution in [0.4, 0.5) is 0 Å². The molecule has 0 saturated carbocycles. The molecule has 3 aromatic carbocycles. The quantitative estimate of drug-likeness (QED) is 0.542. The smallest absolute Gasteiger partial charge is 0.272 e. The monoisotopic (exact) mass is 373 g/mol. The highest BCUT2D eigenvalue weighted by molar-refractivity contribution is 6.05. The first-order valence-electron chi connectivity index (χ1n) is 8.96. The number of nitrogens with one attached hydrogen (secondary N) is 1. The molecule has 0 aliphatic rings. The molecule has 0 aliphatic heterocycles. The highest BCUT2D eigenvalue weighted by Gasteiger charge is 2.17. The lowest BCUT2D eigenvalue weighted by molar-refractivity contribution is 0.0941. The van der Waals surface area contributed by atoms with Gasteiger partial charge in [-0.3, -0.25) is 4.79 Å². The van der Waals surface area contributed by atoms with E-state index in [9.17, 15) is 4.79 Å². The number of fused-ring (bicyclic) bond motifs is 1. The fourth-order valence-electron chi connectivity index (χ4n) is 2.96. The lowest BCUT2D eigenvalue weighted by atomic mass is 10.2. The summed E-state index contributed by atoms with van der Waals surface area (Å²) < 4.78 is 7.56. The number of aliphatic hydroxyl groups is 1. The first-order chi connectivity index (χ1) is 13.8. The maximum atomic E-state index is 12.4. The average molecular weight is 373 g/mol. The number of para-hydroxylation sites is 2. The fourth-order valence-corrected chi connectivity index (χ4v) is 2.96. The third kappa shape index (κ3) is 3.58. The Morgan fingerprint density at radius 3 is 2.36 bits per heavy atom. The van der Waals surface area contributed by atoms with Gasteiger partial charge in [0.05, 0.1) is 17.8 Å². The minimum atomic E-state index is -0.312. The molecule has 0 saturated heterocycles. The molecule has 1 heterocycles. The molecule has 0 spiro atoms. The van der Waals surface area contributed by atoms with Gasteiger partial charge in [0, 0.05) is 11.9 Å². The van der Waals surface area contributed by atoms with Crippen molar-refractivity contribution in [2.24, 2.45) is 0 Å². The van der Waals surface area contributed by atoms with E-state index in [-0.39, 0.29) is 19.1 Å². The lowest BCUT2D eigenvalue weighted by Gasteiger charge is -2.07. The minimum Gasteiger partial charge on any atom is -0.457 e. The number of amides is 1. The molecule has 0 bridgehead atoms. The Morgan fingerprint density at radius 2 is 1.61 bits per heavy atom. The zero-order valence-electron chi connectivity index (χ0n) is 15.1. The van der Waals surface area contributed by atoms with E-state index in [0.29, 0.717) is 11.4 Å². The number of aromatic nitrogens is 2. The fraction of sp³-hybridized carbons (Fsp3) is 0.0909. The first kappa shape index (κ1) is 17.8. The standard InChI is InChI=1S/C22H19N3O3/c26-15-14-23-22(27)21-19-8-4-5-9-20(19)25(24-21)16-10-12-18(13-11-16)28-17-6-2-1-3-7-17/h1-13,26H,14-15H2,(H,23,27). The van der Waals surface area contributed by atoms with Crippen LogP contribution in [0.15, 0.2) is 78.9 Å². The van der Waals surface area contributed by atoms with E-state index >= 15 is 0 Å². The molecule has 2 N–H and O–H groups in total. The molecule has 0 radical (unpaired) electrons. The van der Waals surface area contributed by atoms with Crippen LogP contribution in [0, 0.1) is 0 Å².